The summed E-state index contributed by atoms with van der Waals surface area (Å²) in [6.45, 7) is 9.46. The Labute approximate surface area is 109 Å². The molecule has 1 saturated carbocycles. The van der Waals surface area contributed by atoms with E-state index in [-0.39, 0.29) is 0 Å². The maximum absolute atomic E-state index is 3.83. The van der Waals surface area contributed by atoms with Gasteiger partial charge < -0.3 is 5.32 Å². The third-order valence-corrected chi connectivity index (χ3v) is 4.23. The third-order valence-electron chi connectivity index (χ3n) is 4.23. The van der Waals surface area contributed by atoms with Crippen molar-refractivity contribution in [3.05, 3.63) is 0 Å². The normalized spacial score (nSPS) is 25.1. The maximum Gasteiger partial charge on any atom is 0.00748 e. The molecule has 2 unspecified atom stereocenters. The monoisotopic (exact) mass is 239 g/mol. The molecule has 102 valence electrons. The van der Waals surface area contributed by atoms with Crippen LogP contribution < -0.4 is 5.32 Å². The second kappa shape index (κ2) is 7.41. The zero-order chi connectivity index (χ0) is 12.7. The van der Waals surface area contributed by atoms with Crippen molar-refractivity contribution in [2.24, 2.45) is 5.41 Å². The molecule has 0 heterocycles. The van der Waals surface area contributed by atoms with Crippen LogP contribution in [0.5, 0.6) is 0 Å². The van der Waals surface area contributed by atoms with Crippen LogP contribution in [-0.2, 0) is 0 Å². The number of unbranched alkanes of at least 4 members (excludes halogenated alkanes) is 4. The topological polar surface area (TPSA) is 12.0 Å². The molecule has 0 aromatic carbocycles. The SMILES string of the molecule is CCCCCCCC(C)NC1CCC(C)(C)C1. The first-order valence-electron chi connectivity index (χ1n) is 7.79. The molecule has 1 heteroatoms. The molecule has 1 aliphatic rings. The molecule has 0 spiro atoms. The van der Waals surface area contributed by atoms with Crippen LogP contribution in [-0.4, -0.2) is 12.1 Å². The van der Waals surface area contributed by atoms with E-state index in [9.17, 15) is 0 Å². The second-order valence-corrected chi connectivity index (χ2v) is 6.87. The second-order valence-electron chi connectivity index (χ2n) is 6.87. The lowest BCUT2D eigenvalue weighted by atomic mass is 9.91. The number of hydrogen-bond acceptors (Lipinski definition) is 1. The van der Waals surface area contributed by atoms with Gasteiger partial charge in [-0.3, -0.25) is 0 Å². The van der Waals surface area contributed by atoms with Crippen LogP contribution in [0.3, 0.4) is 0 Å². The van der Waals surface area contributed by atoms with Crippen molar-refractivity contribution < 1.29 is 0 Å². The lowest BCUT2D eigenvalue weighted by Crippen LogP contribution is -2.35. The van der Waals surface area contributed by atoms with E-state index < -0.39 is 0 Å². The quantitative estimate of drug-likeness (QED) is 0.594. The minimum Gasteiger partial charge on any atom is -0.311 e. The van der Waals surface area contributed by atoms with Crippen LogP contribution in [0.15, 0.2) is 0 Å². The fraction of sp³-hybridized carbons (Fsp3) is 1.00. The summed E-state index contributed by atoms with van der Waals surface area (Å²) in [5, 5.41) is 3.83. The van der Waals surface area contributed by atoms with E-state index in [1.807, 2.05) is 0 Å². The van der Waals surface area contributed by atoms with Crippen LogP contribution in [0, 0.1) is 5.41 Å². The molecule has 0 aromatic heterocycles. The first-order chi connectivity index (χ1) is 8.03. The summed E-state index contributed by atoms with van der Waals surface area (Å²) in [5.74, 6) is 0. The minimum atomic E-state index is 0.582. The van der Waals surface area contributed by atoms with Gasteiger partial charge in [-0.15, -0.1) is 0 Å². The van der Waals surface area contributed by atoms with Gasteiger partial charge in [0.2, 0.25) is 0 Å². The highest BCUT2D eigenvalue weighted by molar-refractivity contribution is 4.87. The Morgan fingerprint density at radius 2 is 1.88 bits per heavy atom. The van der Waals surface area contributed by atoms with Gasteiger partial charge in [0.05, 0.1) is 0 Å². The molecule has 17 heavy (non-hydrogen) atoms. The van der Waals surface area contributed by atoms with Gasteiger partial charge >= 0.3 is 0 Å². The van der Waals surface area contributed by atoms with Gasteiger partial charge in [0.15, 0.2) is 0 Å². The van der Waals surface area contributed by atoms with Gasteiger partial charge in [0.25, 0.3) is 0 Å². The minimum absolute atomic E-state index is 0.582. The summed E-state index contributed by atoms with van der Waals surface area (Å²) in [6, 6.07) is 1.51. The molecule has 0 radical (unpaired) electrons. The Balaban J connectivity index is 2.03. The number of nitrogens with one attached hydrogen (secondary N) is 1. The lowest BCUT2D eigenvalue weighted by molar-refractivity contribution is 0.349. The van der Waals surface area contributed by atoms with Crippen molar-refractivity contribution in [1.29, 1.82) is 0 Å². The van der Waals surface area contributed by atoms with Crippen molar-refractivity contribution in [2.75, 3.05) is 0 Å². The molecule has 0 saturated heterocycles. The smallest absolute Gasteiger partial charge is 0.00748 e. The molecule has 0 bridgehead atoms. The maximum atomic E-state index is 3.83. The Bertz CT molecular complexity index is 198. The van der Waals surface area contributed by atoms with Crippen LogP contribution >= 0.6 is 0 Å². The molecule has 0 aromatic rings. The fourth-order valence-electron chi connectivity index (χ4n) is 3.12. The molecule has 1 aliphatic carbocycles. The van der Waals surface area contributed by atoms with Crippen molar-refractivity contribution in [3.63, 3.8) is 0 Å². The summed E-state index contributed by atoms with van der Waals surface area (Å²) < 4.78 is 0. The molecule has 1 fully saturated rings. The van der Waals surface area contributed by atoms with Gasteiger partial charge in [0, 0.05) is 12.1 Å². The van der Waals surface area contributed by atoms with E-state index in [2.05, 4.69) is 33.0 Å². The van der Waals surface area contributed by atoms with E-state index in [1.165, 1.54) is 57.8 Å². The highest BCUT2D eigenvalue weighted by Crippen LogP contribution is 2.37. The van der Waals surface area contributed by atoms with Crippen LogP contribution in [0.4, 0.5) is 0 Å². The van der Waals surface area contributed by atoms with Gasteiger partial charge in [0.1, 0.15) is 0 Å². The fourth-order valence-corrected chi connectivity index (χ4v) is 3.12. The third kappa shape index (κ3) is 6.45. The highest BCUT2D eigenvalue weighted by Gasteiger charge is 2.31. The largest absolute Gasteiger partial charge is 0.311 e. The first kappa shape index (κ1) is 15.0. The zero-order valence-electron chi connectivity index (χ0n) is 12.5. The summed E-state index contributed by atoms with van der Waals surface area (Å²) in [7, 11) is 0. The van der Waals surface area contributed by atoms with Crippen molar-refractivity contribution in [2.45, 2.75) is 97.6 Å². The van der Waals surface area contributed by atoms with Gasteiger partial charge in [-0.2, -0.15) is 0 Å². The van der Waals surface area contributed by atoms with E-state index in [0.29, 0.717) is 5.41 Å². The molecular formula is C16H33N. The van der Waals surface area contributed by atoms with Crippen molar-refractivity contribution in [1.82, 2.24) is 5.32 Å². The molecule has 1 rings (SSSR count). The van der Waals surface area contributed by atoms with E-state index in [1.54, 1.807) is 0 Å². The Morgan fingerprint density at radius 1 is 1.18 bits per heavy atom. The molecule has 0 amide bonds. The molecule has 2 atom stereocenters. The summed E-state index contributed by atoms with van der Waals surface area (Å²) in [6.07, 6.45) is 12.5. The van der Waals surface area contributed by atoms with Gasteiger partial charge in [-0.1, -0.05) is 52.9 Å². The summed E-state index contributed by atoms with van der Waals surface area (Å²) >= 11 is 0. The zero-order valence-corrected chi connectivity index (χ0v) is 12.5. The Morgan fingerprint density at radius 3 is 2.47 bits per heavy atom. The Hall–Kier alpha value is -0.0400. The average Bonchev–Trinajstić information content (AvgIpc) is 2.57. The van der Waals surface area contributed by atoms with Crippen molar-refractivity contribution >= 4 is 0 Å². The first-order valence-corrected chi connectivity index (χ1v) is 7.79. The Kier molecular flexibility index (Phi) is 6.54. The number of rotatable bonds is 8. The summed E-state index contributed by atoms with van der Waals surface area (Å²) in [4.78, 5) is 0. The predicted molar refractivity (Wildman–Crippen MR) is 77.4 cm³/mol. The van der Waals surface area contributed by atoms with Gasteiger partial charge in [-0.05, 0) is 38.0 Å². The van der Waals surface area contributed by atoms with Crippen LogP contribution in [0.25, 0.3) is 0 Å². The van der Waals surface area contributed by atoms with E-state index in [0.717, 1.165) is 12.1 Å². The van der Waals surface area contributed by atoms with Crippen molar-refractivity contribution in [3.8, 4) is 0 Å². The molecule has 0 aliphatic heterocycles. The molecule has 1 N–H and O–H groups in total. The van der Waals surface area contributed by atoms with E-state index in [4.69, 9.17) is 0 Å². The van der Waals surface area contributed by atoms with Crippen LogP contribution in [0.2, 0.25) is 0 Å². The molecular weight excluding hydrogens is 206 g/mol. The lowest BCUT2D eigenvalue weighted by Gasteiger charge is -2.21. The highest BCUT2D eigenvalue weighted by atomic mass is 14.9. The number of hydrogen-bond donors (Lipinski definition) is 1. The molecule has 1 nitrogen and oxygen atoms in total. The predicted octanol–water partition coefficient (Wildman–Crippen LogP) is 4.90. The average molecular weight is 239 g/mol. The summed E-state index contributed by atoms with van der Waals surface area (Å²) in [5.41, 5.74) is 0.582. The van der Waals surface area contributed by atoms with Crippen LogP contribution in [0.1, 0.15) is 85.5 Å². The standard InChI is InChI=1S/C16H33N/c1-5-6-7-8-9-10-14(2)17-15-11-12-16(3,4)13-15/h14-15,17H,5-13H2,1-4H3. The van der Waals surface area contributed by atoms with E-state index >= 15 is 0 Å². The van der Waals surface area contributed by atoms with Gasteiger partial charge in [-0.25, -0.2) is 0 Å².